The van der Waals surface area contributed by atoms with Gasteiger partial charge in [-0.15, -0.1) is 0 Å². The highest BCUT2D eigenvalue weighted by Gasteiger charge is 2.17. The van der Waals surface area contributed by atoms with E-state index in [2.05, 4.69) is 10.3 Å². The summed E-state index contributed by atoms with van der Waals surface area (Å²) in [5.41, 5.74) is 1.89. The van der Waals surface area contributed by atoms with Gasteiger partial charge in [0, 0.05) is 36.1 Å². The molecule has 1 fully saturated rings. The van der Waals surface area contributed by atoms with Gasteiger partial charge >= 0.3 is 0 Å². The third-order valence-corrected chi connectivity index (χ3v) is 6.22. The van der Waals surface area contributed by atoms with Crippen molar-refractivity contribution in [3.8, 4) is 0 Å². The monoisotopic (exact) mass is 410 g/mol. The zero-order chi connectivity index (χ0) is 19.1. The first-order valence-electron chi connectivity index (χ1n) is 8.61. The number of hydrogen-bond donors (Lipinski definition) is 1. The number of carbonyl (C=O) groups is 1. The first kappa shape index (κ1) is 20.1. The normalized spacial score (nSPS) is 15.1. The second-order valence-electron chi connectivity index (χ2n) is 6.01. The number of aromatic nitrogens is 1. The predicted octanol–water partition coefficient (Wildman–Crippen LogP) is 5.06. The van der Waals surface area contributed by atoms with E-state index in [0.717, 1.165) is 37.4 Å². The number of thioether (sulfide) groups is 2. The molecule has 0 aliphatic carbocycles. The summed E-state index contributed by atoms with van der Waals surface area (Å²) in [5.74, 6) is -2.22. The second-order valence-corrected chi connectivity index (χ2v) is 8.28. The molecule has 8 heteroatoms. The molecule has 1 aromatic heterocycles. The largest absolute Gasteiger partial charge is 0.381 e. The topological polar surface area (TPSA) is 51.2 Å². The molecule has 0 unspecified atom stereocenters. The van der Waals surface area contributed by atoms with Crippen molar-refractivity contribution in [2.45, 2.75) is 34.6 Å². The Hall–Kier alpha value is -1.64. The third-order valence-electron chi connectivity index (χ3n) is 4.06. The van der Waals surface area contributed by atoms with Crippen molar-refractivity contribution in [2.75, 3.05) is 18.5 Å². The minimum atomic E-state index is -2.63. The lowest BCUT2D eigenvalue weighted by Crippen LogP contribution is -2.17. The van der Waals surface area contributed by atoms with Crippen LogP contribution in [0.3, 0.4) is 0 Å². The summed E-state index contributed by atoms with van der Waals surface area (Å²) in [7, 11) is 0. The maximum atomic E-state index is 12.7. The van der Waals surface area contributed by atoms with Crippen LogP contribution < -0.4 is 5.32 Å². The Kier molecular flexibility index (Phi) is 7.49. The Morgan fingerprint density at radius 3 is 2.85 bits per heavy atom. The molecule has 2 heterocycles. The molecule has 0 spiro atoms. The highest BCUT2D eigenvalue weighted by atomic mass is 32.2. The van der Waals surface area contributed by atoms with Crippen molar-refractivity contribution in [1.82, 2.24) is 4.98 Å². The van der Waals surface area contributed by atoms with E-state index in [1.54, 1.807) is 12.1 Å². The fourth-order valence-electron chi connectivity index (χ4n) is 2.74. The summed E-state index contributed by atoms with van der Waals surface area (Å²) in [6.07, 6.45) is 3.52. The standard InChI is InChI=1S/C19H20F2N2O2S2/c20-19(21)27-18-16(5-2-8-22-18)17(24)23-14-4-1-3-13(11-14)12-26-15-6-9-25-10-7-15/h1-5,8,11,15,19H,6-7,9-10,12H2,(H,23,24). The van der Waals surface area contributed by atoms with Crippen molar-refractivity contribution in [2.24, 2.45) is 0 Å². The van der Waals surface area contributed by atoms with Crippen LogP contribution in [0.1, 0.15) is 28.8 Å². The molecular formula is C19H20F2N2O2S2. The van der Waals surface area contributed by atoms with E-state index < -0.39 is 11.7 Å². The summed E-state index contributed by atoms with van der Waals surface area (Å²) >= 11 is 2.17. The summed E-state index contributed by atoms with van der Waals surface area (Å²) in [5, 5.41) is 3.41. The number of carbonyl (C=O) groups excluding carboxylic acids is 1. The maximum Gasteiger partial charge on any atom is 0.290 e. The SMILES string of the molecule is O=C(Nc1cccc(CSC2CCOCC2)c1)c1cccnc1SC(F)F. The fourth-order valence-corrected chi connectivity index (χ4v) is 4.45. The molecule has 1 saturated heterocycles. The quantitative estimate of drug-likeness (QED) is 0.647. The molecular weight excluding hydrogens is 390 g/mol. The molecule has 144 valence electrons. The molecule has 0 bridgehead atoms. The van der Waals surface area contributed by atoms with Crippen molar-refractivity contribution < 1.29 is 18.3 Å². The third kappa shape index (κ3) is 6.19. The fraction of sp³-hybridized carbons (Fsp3) is 0.368. The van der Waals surface area contributed by atoms with Crippen LogP contribution in [0.2, 0.25) is 0 Å². The highest BCUT2D eigenvalue weighted by Crippen LogP contribution is 2.28. The van der Waals surface area contributed by atoms with Gasteiger partial charge in [0.25, 0.3) is 11.7 Å². The van der Waals surface area contributed by atoms with Crippen LogP contribution in [0, 0.1) is 0 Å². The Balaban J connectivity index is 1.63. The van der Waals surface area contributed by atoms with Crippen LogP contribution >= 0.6 is 23.5 Å². The van der Waals surface area contributed by atoms with Gasteiger partial charge in [-0.25, -0.2) is 4.98 Å². The smallest absolute Gasteiger partial charge is 0.290 e. The molecule has 1 aromatic carbocycles. The number of amides is 1. The van der Waals surface area contributed by atoms with Crippen molar-refractivity contribution in [3.05, 3.63) is 53.7 Å². The maximum absolute atomic E-state index is 12.7. The van der Waals surface area contributed by atoms with Gasteiger partial charge in [0.15, 0.2) is 0 Å². The number of alkyl halides is 2. The Bertz CT molecular complexity index is 771. The number of nitrogens with zero attached hydrogens (tertiary/aromatic N) is 1. The number of rotatable bonds is 7. The molecule has 3 rings (SSSR count). The molecule has 27 heavy (non-hydrogen) atoms. The van der Waals surface area contributed by atoms with E-state index in [1.165, 1.54) is 12.3 Å². The number of nitrogens with one attached hydrogen (secondary N) is 1. The van der Waals surface area contributed by atoms with Gasteiger partial charge in [-0.3, -0.25) is 4.79 Å². The lowest BCUT2D eigenvalue weighted by atomic mass is 10.2. The van der Waals surface area contributed by atoms with Gasteiger partial charge in [-0.2, -0.15) is 20.5 Å². The minimum absolute atomic E-state index is 0.0243. The second kappa shape index (κ2) is 10.1. The van der Waals surface area contributed by atoms with E-state index >= 15 is 0 Å². The van der Waals surface area contributed by atoms with E-state index in [-0.39, 0.29) is 22.4 Å². The van der Waals surface area contributed by atoms with Gasteiger partial charge in [0.1, 0.15) is 5.03 Å². The average Bonchev–Trinajstić information content (AvgIpc) is 2.67. The van der Waals surface area contributed by atoms with Gasteiger partial charge in [0.05, 0.1) is 5.56 Å². The molecule has 0 saturated carbocycles. The molecule has 2 aromatic rings. The average molecular weight is 411 g/mol. The summed E-state index contributed by atoms with van der Waals surface area (Å²) < 4.78 is 30.7. The zero-order valence-electron chi connectivity index (χ0n) is 14.6. The van der Waals surface area contributed by atoms with Crippen molar-refractivity contribution >= 4 is 35.1 Å². The van der Waals surface area contributed by atoms with Crippen LogP contribution in [0.4, 0.5) is 14.5 Å². The summed E-state index contributed by atoms with van der Waals surface area (Å²) in [6.45, 7) is 1.63. The first-order valence-corrected chi connectivity index (χ1v) is 10.5. The van der Waals surface area contributed by atoms with Gasteiger partial charge in [-0.05, 0) is 54.4 Å². The number of hydrogen-bond acceptors (Lipinski definition) is 5. The Morgan fingerprint density at radius 1 is 1.26 bits per heavy atom. The van der Waals surface area contributed by atoms with E-state index in [4.69, 9.17) is 4.74 Å². The predicted molar refractivity (Wildman–Crippen MR) is 106 cm³/mol. The first-order chi connectivity index (χ1) is 13.1. The molecule has 1 N–H and O–H groups in total. The van der Waals surface area contributed by atoms with Crippen LogP contribution in [-0.2, 0) is 10.5 Å². The number of anilines is 1. The Labute approximate surface area is 165 Å². The number of halogens is 2. The highest BCUT2D eigenvalue weighted by molar-refractivity contribution is 7.99. The minimum Gasteiger partial charge on any atom is -0.381 e. The zero-order valence-corrected chi connectivity index (χ0v) is 16.2. The van der Waals surface area contributed by atoms with E-state index in [9.17, 15) is 13.6 Å². The van der Waals surface area contributed by atoms with Gasteiger partial charge in [0.2, 0.25) is 0 Å². The Morgan fingerprint density at radius 2 is 2.07 bits per heavy atom. The molecule has 4 nitrogen and oxygen atoms in total. The van der Waals surface area contributed by atoms with Crippen molar-refractivity contribution in [1.29, 1.82) is 0 Å². The molecule has 1 amide bonds. The number of benzene rings is 1. The number of pyridine rings is 1. The molecule has 0 radical (unpaired) electrons. The van der Waals surface area contributed by atoms with Crippen LogP contribution in [0.15, 0.2) is 47.6 Å². The van der Waals surface area contributed by atoms with Crippen molar-refractivity contribution in [3.63, 3.8) is 0 Å². The van der Waals surface area contributed by atoms with Crippen LogP contribution in [0.5, 0.6) is 0 Å². The lowest BCUT2D eigenvalue weighted by molar-refractivity contribution is 0.0999. The molecule has 1 aliphatic heterocycles. The summed E-state index contributed by atoms with van der Waals surface area (Å²) in [4.78, 5) is 16.4. The van der Waals surface area contributed by atoms with E-state index in [1.807, 2.05) is 30.0 Å². The van der Waals surface area contributed by atoms with Gasteiger partial charge < -0.3 is 10.1 Å². The van der Waals surface area contributed by atoms with Crippen LogP contribution in [-0.4, -0.2) is 35.1 Å². The molecule has 1 aliphatic rings. The lowest BCUT2D eigenvalue weighted by Gasteiger charge is -2.21. The van der Waals surface area contributed by atoms with Gasteiger partial charge in [-0.1, -0.05) is 12.1 Å². The summed E-state index contributed by atoms with van der Waals surface area (Å²) in [6, 6.07) is 10.7. The number of ether oxygens (including phenoxy) is 1. The molecule has 0 atom stereocenters. The van der Waals surface area contributed by atoms with Crippen LogP contribution in [0.25, 0.3) is 0 Å². The van der Waals surface area contributed by atoms with E-state index in [0.29, 0.717) is 10.9 Å².